The van der Waals surface area contributed by atoms with Crippen molar-refractivity contribution in [3.8, 4) is 0 Å². The second kappa shape index (κ2) is 6.90. The van der Waals surface area contributed by atoms with Crippen molar-refractivity contribution in [2.75, 3.05) is 12.4 Å². The Morgan fingerprint density at radius 3 is 2.65 bits per heavy atom. The molecule has 0 amide bonds. The second-order valence-corrected chi connectivity index (χ2v) is 5.88. The first-order chi connectivity index (χ1) is 9.63. The molecule has 1 aliphatic rings. The van der Waals surface area contributed by atoms with Crippen LogP contribution in [0.15, 0.2) is 30.3 Å². The number of esters is 1. The van der Waals surface area contributed by atoms with Gasteiger partial charge < -0.3 is 4.74 Å². The van der Waals surface area contributed by atoms with Gasteiger partial charge in [0.15, 0.2) is 0 Å². The van der Waals surface area contributed by atoms with Gasteiger partial charge in [0.1, 0.15) is 11.8 Å². The van der Waals surface area contributed by atoms with Crippen LogP contribution < -0.4 is 5.32 Å². The Kier molecular flexibility index (Phi) is 5.20. The fourth-order valence-electron chi connectivity index (χ4n) is 2.26. The number of thioether (sulfide) groups is 1. The van der Waals surface area contributed by atoms with Crippen molar-refractivity contribution in [1.82, 2.24) is 5.32 Å². The second-order valence-electron chi connectivity index (χ2n) is 4.74. The molecule has 1 aliphatic heterocycles. The topological polar surface area (TPSA) is 55.4 Å². The molecule has 0 saturated carbocycles. The lowest BCUT2D eigenvalue weighted by molar-refractivity contribution is -0.149. The van der Waals surface area contributed by atoms with Gasteiger partial charge in [0.25, 0.3) is 0 Å². The van der Waals surface area contributed by atoms with E-state index >= 15 is 0 Å². The van der Waals surface area contributed by atoms with Crippen LogP contribution in [0.2, 0.25) is 0 Å². The number of ketones is 1. The Morgan fingerprint density at radius 2 is 2.05 bits per heavy atom. The molecule has 2 rings (SSSR count). The van der Waals surface area contributed by atoms with E-state index in [0.717, 1.165) is 5.56 Å². The normalized spacial score (nSPS) is 26.0. The van der Waals surface area contributed by atoms with Crippen LogP contribution in [-0.4, -0.2) is 30.2 Å². The van der Waals surface area contributed by atoms with Gasteiger partial charge in [-0.1, -0.05) is 30.3 Å². The van der Waals surface area contributed by atoms with Crippen molar-refractivity contribution in [3.05, 3.63) is 35.9 Å². The fraction of sp³-hybridized carbons (Fsp3) is 0.467. The highest BCUT2D eigenvalue weighted by molar-refractivity contribution is 7.99. The Bertz CT molecular complexity index is 477. The van der Waals surface area contributed by atoms with E-state index in [4.69, 9.17) is 4.74 Å². The molecule has 1 saturated heterocycles. The lowest BCUT2D eigenvalue weighted by atomic mass is 9.97. The first-order valence-electron chi connectivity index (χ1n) is 6.73. The van der Waals surface area contributed by atoms with Crippen LogP contribution in [0.25, 0.3) is 0 Å². The predicted molar refractivity (Wildman–Crippen MR) is 79.4 cm³/mol. The zero-order valence-corrected chi connectivity index (χ0v) is 12.5. The van der Waals surface area contributed by atoms with E-state index in [1.54, 1.807) is 18.7 Å². The zero-order chi connectivity index (χ0) is 14.5. The monoisotopic (exact) mass is 293 g/mol. The number of ether oxygens (including phenoxy) is 1. The van der Waals surface area contributed by atoms with E-state index in [1.807, 2.05) is 30.3 Å². The molecule has 1 aromatic rings. The maximum absolute atomic E-state index is 12.0. The van der Waals surface area contributed by atoms with Crippen molar-refractivity contribution < 1.29 is 14.3 Å². The van der Waals surface area contributed by atoms with Crippen molar-refractivity contribution in [2.45, 2.75) is 25.3 Å². The average Bonchev–Trinajstić information content (AvgIpc) is 2.47. The molecule has 1 heterocycles. The highest BCUT2D eigenvalue weighted by Gasteiger charge is 2.38. The molecule has 0 aromatic heterocycles. The van der Waals surface area contributed by atoms with Gasteiger partial charge in [-0.05, 0) is 19.4 Å². The summed E-state index contributed by atoms with van der Waals surface area (Å²) >= 11 is 1.65. The molecule has 20 heavy (non-hydrogen) atoms. The van der Waals surface area contributed by atoms with Crippen molar-refractivity contribution in [1.29, 1.82) is 0 Å². The first kappa shape index (κ1) is 15.1. The summed E-state index contributed by atoms with van der Waals surface area (Å²) in [5, 5.41) is 3.27. The van der Waals surface area contributed by atoms with Gasteiger partial charge in [-0.2, -0.15) is 0 Å². The fourth-order valence-corrected chi connectivity index (χ4v) is 3.68. The van der Waals surface area contributed by atoms with Gasteiger partial charge in [0, 0.05) is 5.75 Å². The van der Waals surface area contributed by atoms with E-state index in [-0.39, 0.29) is 23.0 Å². The summed E-state index contributed by atoms with van der Waals surface area (Å²) in [6, 6.07) is 9.36. The Balaban J connectivity index is 2.15. The van der Waals surface area contributed by atoms with Gasteiger partial charge in [0.2, 0.25) is 0 Å². The van der Waals surface area contributed by atoms with Crippen LogP contribution >= 0.6 is 11.8 Å². The van der Waals surface area contributed by atoms with Gasteiger partial charge >= 0.3 is 5.97 Å². The summed E-state index contributed by atoms with van der Waals surface area (Å²) in [5.41, 5.74) is 1.11. The van der Waals surface area contributed by atoms with Gasteiger partial charge in [-0.3, -0.25) is 14.9 Å². The standard InChI is InChI=1S/C15H19NO3S/c1-3-19-15(18)13-12(10(2)17)9-20-14(16-13)11-7-5-4-6-8-11/h4-8,12-14,16H,3,9H2,1-2H3. The summed E-state index contributed by atoms with van der Waals surface area (Å²) in [6.07, 6.45) is 0. The van der Waals surface area contributed by atoms with Crippen molar-refractivity contribution >= 4 is 23.5 Å². The Labute approximate surface area is 123 Å². The quantitative estimate of drug-likeness (QED) is 0.862. The van der Waals surface area contributed by atoms with Crippen LogP contribution in [0.4, 0.5) is 0 Å². The van der Waals surface area contributed by atoms with Gasteiger partial charge in [0.05, 0.1) is 17.9 Å². The third kappa shape index (κ3) is 3.41. The van der Waals surface area contributed by atoms with Crippen molar-refractivity contribution in [2.24, 2.45) is 5.92 Å². The van der Waals surface area contributed by atoms with E-state index in [1.165, 1.54) is 6.92 Å². The molecule has 3 unspecified atom stereocenters. The molecule has 1 aromatic carbocycles. The summed E-state index contributed by atoms with van der Waals surface area (Å²) < 4.78 is 5.08. The van der Waals surface area contributed by atoms with Crippen molar-refractivity contribution in [3.63, 3.8) is 0 Å². The van der Waals surface area contributed by atoms with Crippen LogP contribution in [0.1, 0.15) is 24.8 Å². The molecular formula is C15H19NO3S. The number of rotatable bonds is 4. The van der Waals surface area contributed by atoms with Crippen LogP contribution in [-0.2, 0) is 14.3 Å². The largest absolute Gasteiger partial charge is 0.465 e. The SMILES string of the molecule is CCOC(=O)C1NC(c2ccccc2)SCC1C(C)=O. The average molecular weight is 293 g/mol. The third-order valence-corrected chi connectivity index (χ3v) is 4.63. The maximum Gasteiger partial charge on any atom is 0.323 e. The summed E-state index contributed by atoms with van der Waals surface area (Å²) in [6.45, 7) is 3.62. The van der Waals surface area contributed by atoms with Crippen LogP contribution in [0, 0.1) is 5.92 Å². The molecule has 1 fully saturated rings. The highest BCUT2D eigenvalue weighted by atomic mass is 32.2. The predicted octanol–water partition coefficient (Wildman–Crippen LogP) is 2.16. The number of benzene rings is 1. The Morgan fingerprint density at radius 1 is 1.35 bits per heavy atom. The molecule has 0 bridgehead atoms. The van der Waals surface area contributed by atoms with E-state index in [2.05, 4.69) is 5.32 Å². The number of nitrogens with one attached hydrogen (secondary N) is 1. The van der Waals surface area contributed by atoms with Crippen LogP contribution in [0.3, 0.4) is 0 Å². The minimum absolute atomic E-state index is 0.0150. The van der Waals surface area contributed by atoms with Crippen LogP contribution in [0.5, 0.6) is 0 Å². The molecular weight excluding hydrogens is 274 g/mol. The third-order valence-electron chi connectivity index (χ3n) is 3.34. The zero-order valence-electron chi connectivity index (χ0n) is 11.7. The molecule has 5 heteroatoms. The number of hydrogen-bond acceptors (Lipinski definition) is 5. The van der Waals surface area contributed by atoms with E-state index in [0.29, 0.717) is 12.4 Å². The molecule has 108 valence electrons. The molecule has 0 aliphatic carbocycles. The first-order valence-corrected chi connectivity index (χ1v) is 7.78. The molecule has 0 spiro atoms. The lowest BCUT2D eigenvalue weighted by Gasteiger charge is -2.34. The molecule has 1 N–H and O–H groups in total. The summed E-state index contributed by atoms with van der Waals surface area (Å²) in [7, 11) is 0. The minimum atomic E-state index is -0.557. The molecule has 0 radical (unpaired) electrons. The number of carbonyl (C=O) groups is 2. The summed E-state index contributed by atoms with van der Waals surface area (Å²) in [5.74, 6) is -0.00623. The van der Waals surface area contributed by atoms with E-state index in [9.17, 15) is 9.59 Å². The summed E-state index contributed by atoms with van der Waals surface area (Å²) in [4.78, 5) is 23.7. The molecule has 4 nitrogen and oxygen atoms in total. The smallest absolute Gasteiger partial charge is 0.323 e. The minimum Gasteiger partial charge on any atom is -0.465 e. The van der Waals surface area contributed by atoms with Gasteiger partial charge in [-0.25, -0.2) is 0 Å². The lowest BCUT2D eigenvalue weighted by Crippen LogP contribution is -2.51. The number of carbonyl (C=O) groups excluding carboxylic acids is 2. The van der Waals surface area contributed by atoms with E-state index < -0.39 is 6.04 Å². The van der Waals surface area contributed by atoms with Gasteiger partial charge in [-0.15, -0.1) is 11.8 Å². The number of Topliss-reactive ketones (excluding diaryl/α,β-unsaturated/α-hetero) is 1. The molecule has 3 atom stereocenters. The Hall–Kier alpha value is -1.33. The highest BCUT2D eigenvalue weighted by Crippen LogP contribution is 2.34. The number of hydrogen-bond donors (Lipinski definition) is 1. The maximum atomic E-state index is 12.0.